The molecule has 2 N–H and O–H groups in total. The fourth-order valence-corrected chi connectivity index (χ4v) is 2.02. The number of aryl methyl sites for hydroxylation is 1. The lowest BCUT2D eigenvalue weighted by atomic mass is 10.1. The Kier molecular flexibility index (Phi) is 6.06. The van der Waals surface area contributed by atoms with Crippen LogP contribution in [0, 0.1) is 6.92 Å². The predicted octanol–water partition coefficient (Wildman–Crippen LogP) is 0.632. The van der Waals surface area contributed by atoms with Gasteiger partial charge in [-0.1, -0.05) is 48.0 Å². The Morgan fingerprint density at radius 1 is 1.00 bits per heavy atom. The van der Waals surface area contributed by atoms with Gasteiger partial charge in [0, 0.05) is 5.56 Å². The summed E-state index contributed by atoms with van der Waals surface area (Å²) in [5, 5.41) is 15.2. The topological polar surface area (TPSA) is 98.3 Å². The Balaban J connectivity index is 2.24. The van der Waals surface area contributed by atoms with E-state index in [2.05, 4.69) is 10.6 Å². The van der Waals surface area contributed by atoms with Crippen LogP contribution in [0.5, 0.6) is 0 Å². The summed E-state index contributed by atoms with van der Waals surface area (Å²) in [5.74, 6) is -2.60. The van der Waals surface area contributed by atoms with Gasteiger partial charge in [-0.2, -0.15) is 0 Å². The number of hydrogen-bond donors (Lipinski definition) is 2. The van der Waals surface area contributed by atoms with Crippen molar-refractivity contribution in [2.75, 3.05) is 6.54 Å². The lowest BCUT2D eigenvalue weighted by Gasteiger charge is -2.11. The highest BCUT2D eigenvalue weighted by Crippen LogP contribution is 2.09. The molecule has 0 saturated carbocycles. The van der Waals surface area contributed by atoms with Crippen LogP contribution in [-0.4, -0.2) is 24.3 Å². The van der Waals surface area contributed by atoms with E-state index in [0.29, 0.717) is 11.1 Å². The molecule has 2 aromatic carbocycles. The molecule has 128 valence electrons. The number of aliphatic carboxylic acids is 1. The highest BCUT2D eigenvalue weighted by molar-refractivity contribution is 6.05. The normalized spacial score (nSPS) is 10.8. The van der Waals surface area contributed by atoms with Gasteiger partial charge in [0.25, 0.3) is 11.8 Å². The molecular formula is C19H17N2O4-. The number of carbonyl (C=O) groups excluding carboxylic acids is 3. The van der Waals surface area contributed by atoms with E-state index in [1.807, 2.05) is 19.1 Å². The van der Waals surface area contributed by atoms with Gasteiger partial charge in [-0.3, -0.25) is 9.59 Å². The molecule has 0 aliphatic heterocycles. The minimum Gasteiger partial charge on any atom is -0.548 e. The van der Waals surface area contributed by atoms with Crippen LogP contribution in [0.1, 0.15) is 21.5 Å². The van der Waals surface area contributed by atoms with Crippen LogP contribution in [0.2, 0.25) is 0 Å². The lowest BCUT2D eigenvalue weighted by molar-refractivity contribution is -0.303. The van der Waals surface area contributed by atoms with Crippen molar-refractivity contribution in [3.05, 3.63) is 77.0 Å². The number of hydrogen-bond acceptors (Lipinski definition) is 4. The monoisotopic (exact) mass is 337 g/mol. The quantitative estimate of drug-likeness (QED) is 0.756. The van der Waals surface area contributed by atoms with Gasteiger partial charge in [0.1, 0.15) is 5.70 Å². The first kappa shape index (κ1) is 17.9. The second kappa shape index (κ2) is 8.44. The van der Waals surface area contributed by atoms with Crippen LogP contribution >= 0.6 is 0 Å². The first-order valence-electron chi connectivity index (χ1n) is 7.58. The van der Waals surface area contributed by atoms with E-state index in [9.17, 15) is 19.5 Å². The second-order valence-corrected chi connectivity index (χ2v) is 5.34. The molecule has 2 aromatic rings. The molecule has 0 aliphatic carbocycles. The fraction of sp³-hybridized carbons (Fsp3) is 0.105. The predicted molar refractivity (Wildman–Crippen MR) is 91.1 cm³/mol. The molecule has 6 heteroatoms. The van der Waals surface area contributed by atoms with Gasteiger partial charge in [0.15, 0.2) is 0 Å². The number of carboxylic acid groups (broad SMARTS) is 1. The zero-order valence-electron chi connectivity index (χ0n) is 13.6. The van der Waals surface area contributed by atoms with Crippen molar-refractivity contribution in [1.82, 2.24) is 10.6 Å². The summed E-state index contributed by atoms with van der Waals surface area (Å²) in [6.07, 6.45) is 1.48. The highest BCUT2D eigenvalue weighted by atomic mass is 16.4. The number of carboxylic acids is 1. The molecule has 0 bridgehead atoms. The smallest absolute Gasteiger partial charge is 0.268 e. The Morgan fingerprint density at radius 3 is 2.24 bits per heavy atom. The summed E-state index contributed by atoms with van der Waals surface area (Å²) < 4.78 is 0. The maximum atomic E-state index is 12.3. The molecule has 0 fully saturated rings. The van der Waals surface area contributed by atoms with E-state index in [1.165, 1.54) is 6.08 Å². The van der Waals surface area contributed by atoms with Crippen molar-refractivity contribution in [2.24, 2.45) is 0 Å². The molecule has 0 aromatic heterocycles. The number of rotatable bonds is 6. The van der Waals surface area contributed by atoms with Gasteiger partial charge >= 0.3 is 0 Å². The summed E-state index contributed by atoms with van der Waals surface area (Å²) in [6.45, 7) is 1.28. The van der Waals surface area contributed by atoms with Crippen LogP contribution in [0.3, 0.4) is 0 Å². The van der Waals surface area contributed by atoms with Crippen molar-refractivity contribution in [3.8, 4) is 0 Å². The van der Waals surface area contributed by atoms with E-state index in [4.69, 9.17) is 0 Å². The molecule has 0 aliphatic rings. The minimum absolute atomic E-state index is 0.0565. The van der Waals surface area contributed by atoms with Crippen molar-refractivity contribution in [1.29, 1.82) is 0 Å². The van der Waals surface area contributed by atoms with Gasteiger partial charge in [-0.25, -0.2) is 0 Å². The minimum atomic E-state index is -1.42. The average Bonchev–Trinajstić information content (AvgIpc) is 2.61. The van der Waals surface area contributed by atoms with E-state index >= 15 is 0 Å². The van der Waals surface area contributed by atoms with Crippen LogP contribution in [0.4, 0.5) is 0 Å². The zero-order valence-corrected chi connectivity index (χ0v) is 13.6. The molecular weight excluding hydrogens is 320 g/mol. The van der Waals surface area contributed by atoms with Crippen LogP contribution < -0.4 is 15.7 Å². The third-order valence-corrected chi connectivity index (χ3v) is 3.31. The summed E-state index contributed by atoms with van der Waals surface area (Å²) >= 11 is 0. The van der Waals surface area contributed by atoms with Gasteiger partial charge in [0.05, 0.1) is 12.5 Å². The Morgan fingerprint density at radius 2 is 1.64 bits per heavy atom. The number of carbonyl (C=O) groups is 3. The first-order valence-corrected chi connectivity index (χ1v) is 7.58. The largest absolute Gasteiger partial charge is 0.548 e. The molecule has 2 amide bonds. The van der Waals surface area contributed by atoms with Gasteiger partial charge in [-0.15, -0.1) is 0 Å². The van der Waals surface area contributed by atoms with Crippen molar-refractivity contribution in [2.45, 2.75) is 6.92 Å². The van der Waals surface area contributed by atoms with Crippen LogP contribution in [0.15, 0.2) is 60.3 Å². The molecule has 6 nitrogen and oxygen atoms in total. The summed E-state index contributed by atoms with van der Waals surface area (Å²) in [4.78, 5) is 35.0. The zero-order chi connectivity index (χ0) is 18.2. The summed E-state index contributed by atoms with van der Waals surface area (Å²) in [5.41, 5.74) is 2.06. The standard InChI is InChI=1S/C19H18N2O4/c1-13-7-9-14(10-8-13)11-16(19(25)20-12-17(22)23)21-18(24)15-5-3-2-4-6-15/h2-11H,12H2,1H3,(H,20,25)(H,21,24)(H,22,23)/p-1/b16-11-. The maximum Gasteiger partial charge on any atom is 0.268 e. The van der Waals surface area contributed by atoms with E-state index in [0.717, 1.165) is 5.56 Å². The molecule has 0 radical (unpaired) electrons. The number of nitrogens with one attached hydrogen (secondary N) is 2. The van der Waals surface area contributed by atoms with E-state index < -0.39 is 24.3 Å². The fourth-order valence-electron chi connectivity index (χ4n) is 2.02. The van der Waals surface area contributed by atoms with Crippen LogP contribution in [0.25, 0.3) is 6.08 Å². The van der Waals surface area contributed by atoms with Crippen molar-refractivity contribution in [3.63, 3.8) is 0 Å². The van der Waals surface area contributed by atoms with E-state index in [-0.39, 0.29) is 5.70 Å². The molecule has 0 heterocycles. The first-order chi connectivity index (χ1) is 12.0. The molecule has 0 atom stereocenters. The Hall–Kier alpha value is -3.41. The van der Waals surface area contributed by atoms with E-state index in [1.54, 1.807) is 42.5 Å². The Labute approximate surface area is 145 Å². The molecule has 0 saturated heterocycles. The van der Waals surface area contributed by atoms with Gasteiger partial charge in [0.2, 0.25) is 0 Å². The molecule has 2 rings (SSSR count). The van der Waals surface area contributed by atoms with Crippen LogP contribution in [-0.2, 0) is 9.59 Å². The molecule has 0 unspecified atom stereocenters. The summed E-state index contributed by atoms with van der Waals surface area (Å²) in [6, 6.07) is 15.7. The number of amides is 2. The highest BCUT2D eigenvalue weighted by Gasteiger charge is 2.14. The third kappa shape index (κ3) is 5.62. The lowest BCUT2D eigenvalue weighted by Crippen LogP contribution is -2.41. The third-order valence-electron chi connectivity index (χ3n) is 3.31. The van der Waals surface area contributed by atoms with Gasteiger partial charge in [-0.05, 0) is 30.7 Å². The molecule has 25 heavy (non-hydrogen) atoms. The average molecular weight is 337 g/mol. The Bertz CT molecular complexity index is 796. The second-order valence-electron chi connectivity index (χ2n) is 5.34. The van der Waals surface area contributed by atoms with Crippen molar-refractivity contribution >= 4 is 23.9 Å². The number of benzene rings is 2. The SMILES string of the molecule is Cc1ccc(/C=C(\NC(=O)c2ccccc2)C(=O)NCC(=O)[O-])cc1. The maximum absolute atomic E-state index is 12.3. The van der Waals surface area contributed by atoms with Gasteiger partial charge < -0.3 is 20.5 Å². The molecule has 0 spiro atoms. The summed E-state index contributed by atoms with van der Waals surface area (Å²) in [7, 11) is 0. The van der Waals surface area contributed by atoms with Crippen molar-refractivity contribution < 1.29 is 19.5 Å².